The van der Waals surface area contributed by atoms with Crippen molar-refractivity contribution >= 4 is 22.6 Å². The van der Waals surface area contributed by atoms with Gasteiger partial charge in [0, 0.05) is 0 Å². The largest absolute Gasteiger partial charge is 0.418 e. The minimum Gasteiger partial charge on any atom is -0.390 e. The van der Waals surface area contributed by atoms with Crippen molar-refractivity contribution in [1.29, 1.82) is 0 Å². The molecular formula is C7H5F3INO. The highest BCUT2D eigenvalue weighted by molar-refractivity contribution is 14.1. The van der Waals surface area contributed by atoms with Crippen molar-refractivity contribution in [3.8, 4) is 0 Å². The van der Waals surface area contributed by atoms with Gasteiger partial charge in [0.2, 0.25) is 0 Å². The van der Waals surface area contributed by atoms with Crippen LogP contribution < -0.4 is 0 Å². The zero-order valence-electron chi connectivity index (χ0n) is 6.27. The van der Waals surface area contributed by atoms with Crippen LogP contribution >= 0.6 is 22.6 Å². The smallest absolute Gasteiger partial charge is 0.390 e. The molecule has 0 aromatic carbocycles. The van der Waals surface area contributed by atoms with Crippen molar-refractivity contribution in [1.82, 2.24) is 4.98 Å². The van der Waals surface area contributed by atoms with Crippen molar-refractivity contribution in [2.75, 3.05) is 0 Å². The van der Waals surface area contributed by atoms with Crippen LogP contribution in [-0.2, 0) is 12.8 Å². The summed E-state index contributed by atoms with van der Waals surface area (Å²) in [6, 6.07) is 2.17. The van der Waals surface area contributed by atoms with Gasteiger partial charge in [-0.3, -0.25) is 0 Å². The number of hydrogen-bond donors (Lipinski definition) is 1. The van der Waals surface area contributed by atoms with Gasteiger partial charge in [-0.05, 0) is 34.7 Å². The standard InChI is InChI=1S/C7H5F3INO/c8-7(9,10)4-1-2-6(11)12-5(4)3-13/h1-2,13H,3H2. The third-order valence-electron chi connectivity index (χ3n) is 1.40. The van der Waals surface area contributed by atoms with E-state index in [2.05, 4.69) is 4.98 Å². The van der Waals surface area contributed by atoms with Crippen LogP contribution in [0.25, 0.3) is 0 Å². The minimum absolute atomic E-state index is 0.334. The van der Waals surface area contributed by atoms with Gasteiger partial charge in [-0.15, -0.1) is 0 Å². The summed E-state index contributed by atoms with van der Waals surface area (Å²) in [6.07, 6.45) is -4.45. The lowest BCUT2D eigenvalue weighted by Crippen LogP contribution is -2.11. The van der Waals surface area contributed by atoms with E-state index >= 15 is 0 Å². The molecule has 0 unspecified atom stereocenters. The van der Waals surface area contributed by atoms with Crippen molar-refractivity contribution in [2.24, 2.45) is 0 Å². The number of aromatic nitrogens is 1. The topological polar surface area (TPSA) is 33.1 Å². The van der Waals surface area contributed by atoms with Gasteiger partial charge in [-0.1, -0.05) is 0 Å². The normalized spacial score (nSPS) is 11.8. The first-order valence-electron chi connectivity index (χ1n) is 3.28. The fourth-order valence-electron chi connectivity index (χ4n) is 0.853. The second-order valence-electron chi connectivity index (χ2n) is 2.28. The molecule has 0 amide bonds. The summed E-state index contributed by atoms with van der Waals surface area (Å²) < 4.78 is 37.1. The molecule has 0 saturated heterocycles. The second-order valence-corrected chi connectivity index (χ2v) is 3.39. The van der Waals surface area contributed by atoms with Crippen LogP contribution in [0.2, 0.25) is 0 Å². The molecule has 1 N–H and O–H groups in total. The van der Waals surface area contributed by atoms with Crippen LogP contribution in [-0.4, -0.2) is 10.1 Å². The molecule has 0 aliphatic heterocycles. The van der Waals surface area contributed by atoms with E-state index in [1.54, 1.807) is 22.6 Å². The molecule has 1 heterocycles. The van der Waals surface area contributed by atoms with Gasteiger partial charge < -0.3 is 5.11 Å². The Balaban J connectivity index is 3.22. The summed E-state index contributed by atoms with van der Waals surface area (Å²) in [5.41, 5.74) is -1.21. The number of pyridine rings is 1. The van der Waals surface area contributed by atoms with Crippen LogP contribution in [0, 0.1) is 3.70 Å². The summed E-state index contributed by atoms with van der Waals surface area (Å²) in [7, 11) is 0. The van der Waals surface area contributed by atoms with E-state index in [-0.39, 0.29) is 5.69 Å². The zero-order valence-corrected chi connectivity index (χ0v) is 8.43. The summed E-state index contributed by atoms with van der Waals surface area (Å²) in [4.78, 5) is 3.57. The van der Waals surface area contributed by atoms with Crippen molar-refractivity contribution in [2.45, 2.75) is 12.8 Å². The first-order valence-corrected chi connectivity index (χ1v) is 4.36. The number of aliphatic hydroxyl groups excluding tert-OH is 1. The quantitative estimate of drug-likeness (QED) is 0.637. The molecule has 13 heavy (non-hydrogen) atoms. The third-order valence-corrected chi connectivity index (χ3v) is 2.00. The van der Waals surface area contributed by atoms with E-state index in [0.717, 1.165) is 6.07 Å². The maximum absolute atomic E-state index is 12.2. The van der Waals surface area contributed by atoms with Gasteiger partial charge in [0.15, 0.2) is 0 Å². The lowest BCUT2D eigenvalue weighted by atomic mass is 10.2. The van der Waals surface area contributed by atoms with E-state index in [4.69, 9.17) is 5.11 Å². The predicted molar refractivity (Wildman–Crippen MR) is 47.9 cm³/mol. The van der Waals surface area contributed by atoms with Gasteiger partial charge in [0.25, 0.3) is 0 Å². The Bertz CT molecular complexity index is 313. The van der Waals surface area contributed by atoms with Crippen LogP contribution in [0.1, 0.15) is 11.3 Å². The molecule has 72 valence electrons. The lowest BCUT2D eigenvalue weighted by Gasteiger charge is -2.09. The Morgan fingerprint density at radius 1 is 1.38 bits per heavy atom. The first kappa shape index (κ1) is 10.7. The fourth-order valence-corrected chi connectivity index (χ4v) is 1.32. The summed E-state index contributed by atoms with van der Waals surface area (Å²) in [5, 5.41) is 8.64. The molecule has 0 spiro atoms. The van der Waals surface area contributed by atoms with Crippen LogP contribution in [0.15, 0.2) is 12.1 Å². The Morgan fingerprint density at radius 2 is 2.00 bits per heavy atom. The number of alkyl halides is 3. The third kappa shape index (κ3) is 2.53. The Morgan fingerprint density at radius 3 is 2.46 bits per heavy atom. The van der Waals surface area contributed by atoms with Crippen molar-refractivity contribution in [3.63, 3.8) is 0 Å². The monoisotopic (exact) mass is 303 g/mol. The number of aliphatic hydroxyl groups is 1. The summed E-state index contributed by atoms with van der Waals surface area (Å²) >= 11 is 1.78. The molecule has 0 bridgehead atoms. The number of hydrogen-bond acceptors (Lipinski definition) is 2. The molecule has 1 aromatic heterocycles. The maximum atomic E-state index is 12.2. The highest BCUT2D eigenvalue weighted by atomic mass is 127. The van der Waals surface area contributed by atoms with Crippen LogP contribution in [0.4, 0.5) is 13.2 Å². The van der Waals surface area contributed by atoms with E-state index in [0.29, 0.717) is 3.70 Å². The van der Waals surface area contributed by atoms with Gasteiger partial charge in [0.05, 0.1) is 17.9 Å². The first-order chi connectivity index (χ1) is 5.95. The molecule has 2 nitrogen and oxygen atoms in total. The molecule has 0 saturated carbocycles. The van der Waals surface area contributed by atoms with Crippen molar-refractivity contribution in [3.05, 3.63) is 27.1 Å². The molecular weight excluding hydrogens is 298 g/mol. The van der Waals surface area contributed by atoms with E-state index in [1.165, 1.54) is 6.07 Å². The molecule has 0 fully saturated rings. The zero-order chi connectivity index (χ0) is 10.1. The molecule has 0 aliphatic rings. The summed E-state index contributed by atoms with van der Waals surface area (Å²) in [5.74, 6) is 0. The molecule has 1 rings (SSSR count). The van der Waals surface area contributed by atoms with Crippen molar-refractivity contribution < 1.29 is 18.3 Å². The summed E-state index contributed by atoms with van der Waals surface area (Å²) in [6.45, 7) is -0.703. The number of rotatable bonds is 1. The average molecular weight is 303 g/mol. The molecule has 0 atom stereocenters. The van der Waals surface area contributed by atoms with Gasteiger partial charge in [-0.25, -0.2) is 4.98 Å². The number of nitrogens with zero attached hydrogens (tertiary/aromatic N) is 1. The number of halogens is 4. The molecule has 1 aromatic rings. The predicted octanol–water partition coefficient (Wildman–Crippen LogP) is 2.20. The van der Waals surface area contributed by atoms with E-state index < -0.39 is 18.3 Å². The molecule has 0 radical (unpaired) electrons. The Kier molecular flexibility index (Phi) is 3.12. The molecule has 6 heteroatoms. The van der Waals surface area contributed by atoms with Crippen LogP contribution in [0.3, 0.4) is 0 Å². The Hall–Kier alpha value is -0.370. The van der Waals surface area contributed by atoms with E-state index in [1.807, 2.05) is 0 Å². The van der Waals surface area contributed by atoms with Gasteiger partial charge in [-0.2, -0.15) is 13.2 Å². The van der Waals surface area contributed by atoms with E-state index in [9.17, 15) is 13.2 Å². The second kappa shape index (κ2) is 3.79. The van der Waals surface area contributed by atoms with Gasteiger partial charge in [0.1, 0.15) is 3.70 Å². The van der Waals surface area contributed by atoms with Gasteiger partial charge >= 0.3 is 6.18 Å². The highest BCUT2D eigenvalue weighted by Crippen LogP contribution is 2.31. The SMILES string of the molecule is OCc1nc(I)ccc1C(F)(F)F. The maximum Gasteiger partial charge on any atom is 0.418 e. The molecule has 0 aliphatic carbocycles. The Labute approximate surface area is 85.9 Å². The average Bonchev–Trinajstić information content (AvgIpc) is 2.01. The lowest BCUT2D eigenvalue weighted by molar-refractivity contribution is -0.139. The minimum atomic E-state index is -4.45. The fraction of sp³-hybridized carbons (Fsp3) is 0.286. The highest BCUT2D eigenvalue weighted by Gasteiger charge is 2.33. The van der Waals surface area contributed by atoms with Crippen LogP contribution in [0.5, 0.6) is 0 Å².